The predicted molar refractivity (Wildman–Crippen MR) is 208 cm³/mol. The molecule has 4 aromatic rings. The van der Waals surface area contributed by atoms with Gasteiger partial charge in [0.2, 0.25) is 0 Å². The SMILES string of the molecule is C=CC(=O)OCC1(COC(=O)C=C)c2ccccc2-c2ccccc21.CC(C)(C)C(=O)OCC1(COC(=O)C(C)(C)C)c2ccccc2-c2ccccc21. The van der Waals surface area contributed by atoms with Crippen molar-refractivity contribution in [2.75, 3.05) is 26.4 Å². The zero-order valence-electron chi connectivity index (χ0n) is 31.9. The molecule has 0 atom stereocenters. The number of hydrogen-bond donors (Lipinski definition) is 0. The molecular weight excluding hydrogens is 680 g/mol. The van der Waals surface area contributed by atoms with Crippen molar-refractivity contribution in [1.29, 1.82) is 0 Å². The molecular formula is C46H48O8. The van der Waals surface area contributed by atoms with E-state index in [1.54, 1.807) is 0 Å². The van der Waals surface area contributed by atoms with Gasteiger partial charge >= 0.3 is 23.9 Å². The van der Waals surface area contributed by atoms with E-state index in [0.29, 0.717) is 0 Å². The summed E-state index contributed by atoms with van der Waals surface area (Å²) in [6.07, 6.45) is 2.24. The van der Waals surface area contributed by atoms with Crippen LogP contribution in [0.4, 0.5) is 0 Å². The molecule has 0 fully saturated rings. The van der Waals surface area contributed by atoms with Crippen LogP contribution in [0.3, 0.4) is 0 Å². The van der Waals surface area contributed by atoms with Gasteiger partial charge in [0.05, 0.1) is 21.7 Å². The molecule has 0 amide bonds. The second kappa shape index (κ2) is 15.7. The summed E-state index contributed by atoms with van der Waals surface area (Å²) in [5.74, 6) is -1.59. The maximum atomic E-state index is 12.6. The Kier molecular flexibility index (Phi) is 11.5. The quantitative estimate of drug-likeness (QED) is 0.0909. The van der Waals surface area contributed by atoms with Crippen LogP contribution in [0.2, 0.25) is 0 Å². The van der Waals surface area contributed by atoms with Gasteiger partial charge in [-0.05, 0) is 86.1 Å². The summed E-state index contributed by atoms with van der Waals surface area (Å²) in [6.45, 7) is 18.2. The van der Waals surface area contributed by atoms with E-state index in [2.05, 4.69) is 25.3 Å². The average molecular weight is 729 g/mol. The number of esters is 4. The molecule has 0 unspecified atom stereocenters. The van der Waals surface area contributed by atoms with Gasteiger partial charge in [0.1, 0.15) is 26.4 Å². The zero-order valence-corrected chi connectivity index (χ0v) is 31.9. The van der Waals surface area contributed by atoms with Crippen molar-refractivity contribution < 1.29 is 38.1 Å². The molecule has 8 nitrogen and oxygen atoms in total. The fraction of sp³-hybridized carbons (Fsp3) is 0.304. The van der Waals surface area contributed by atoms with Crippen LogP contribution in [-0.2, 0) is 49.0 Å². The highest BCUT2D eigenvalue weighted by Crippen LogP contribution is 2.51. The topological polar surface area (TPSA) is 105 Å². The van der Waals surface area contributed by atoms with Crippen LogP contribution >= 0.6 is 0 Å². The first kappa shape index (κ1) is 39.4. The molecule has 6 rings (SSSR count). The summed E-state index contributed by atoms with van der Waals surface area (Å²) in [5, 5.41) is 0. The van der Waals surface area contributed by atoms with E-state index in [1.165, 1.54) is 0 Å². The van der Waals surface area contributed by atoms with Crippen LogP contribution in [0, 0.1) is 10.8 Å². The first-order chi connectivity index (χ1) is 25.6. The molecule has 8 heteroatoms. The minimum Gasteiger partial charge on any atom is -0.464 e. The molecule has 0 aromatic heterocycles. The van der Waals surface area contributed by atoms with E-state index < -0.39 is 33.6 Å². The number of fused-ring (bicyclic) bond motifs is 6. The zero-order chi connectivity index (χ0) is 39.3. The van der Waals surface area contributed by atoms with Crippen molar-refractivity contribution in [2.45, 2.75) is 52.4 Å². The Balaban J connectivity index is 0.000000210. The third-order valence-electron chi connectivity index (χ3n) is 9.73. The van der Waals surface area contributed by atoms with E-state index >= 15 is 0 Å². The molecule has 280 valence electrons. The molecule has 0 saturated carbocycles. The van der Waals surface area contributed by atoms with E-state index in [9.17, 15) is 19.2 Å². The van der Waals surface area contributed by atoms with Crippen molar-refractivity contribution >= 4 is 23.9 Å². The van der Waals surface area contributed by atoms with Gasteiger partial charge in [0.25, 0.3) is 0 Å². The normalized spacial score (nSPS) is 14.0. The number of benzene rings is 4. The highest BCUT2D eigenvalue weighted by atomic mass is 16.6. The largest absolute Gasteiger partial charge is 0.464 e. The van der Waals surface area contributed by atoms with E-state index in [4.69, 9.17) is 18.9 Å². The molecule has 4 aromatic carbocycles. The maximum Gasteiger partial charge on any atom is 0.330 e. The number of carbonyl (C=O) groups excluding carboxylic acids is 4. The smallest absolute Gasteiger partial charge is 0.330 e. The lowest BCUT2D eigenvalue weighted by molar-refractivity contribution is -0.159. The van der Waals surface area contributed by atoms with Crippen LogP contribution in [0.1, 0.15) is 63.8 Å². The number of rotatable bonds is 10. The van der Waals surface area contributed by atoms with E-state index in [-0.39, 0.29) is 38.4 Å². The fourth-order valence-corrected chi connectivity index (χ4v) is 6.85. The minimum absolute atomic E-state index is 0.0519. The fourth-order valence-electron chi connectivity index (χ4n) is 6.85. The molecule has 2 aliphatic carbocycles. The van der Waals surface area contributed by atoms with Crippen LogP contribution in [0.15, 0.2) is 122 Å². The number of hydrogen-bond acceptors (Lipinski definition) is 8. The summed E-state index contributed by atoms with van der Waals surface area (Å²) in [4.78, 5) is 48.4. The Labute approximate surface area is 317 Å². The Morgan fingerprint density at radius 1 is 0.463 bits per heavy atom. The second-order valence-corrected chi connectivity index (χ2v) is 15.6. The van der Waals surface area contributed by atoms with Crippen LogP contribution in [0.25, 0.3) is 22.3 Å². The summed E-state index contributed by atoms with van der Waals surface area (Å²) in [5.41, 5.74) is 5.51. The molecule has 0 aliphatic heterocycles. The molecule has 2 aliphatic rings. The monoisotopic (exact) mass is 728 g/mol. The number of ether oxygens (including phenoxy) is 4. The second-order valence-electron chi connectivity index (χ2n) is 15.6. The third-order valence-corrected chi connectivity index (χ3v) is 9.73. The molecule has 0 heterocycles. The Morgan fingerprint density at radius 2 is 0.704 bits per heavy atom. The predicted octanol–water partition coefficient (Wildman–Crippen LogP) is 8.54. The van der Waals surface area contributed by atoms with Crippen LogP contribution in [0.5, 0.6) is 0 Å². The van der Waals surface area contributed by atoms with Gasteiger partial charge in [0, 0.05) is 12.2 Å². The van der Waals surface area contributed by atoms with E-state index in [1.807, 2.05) is 126 Å². The highest BCUT2D eigenvalue weighted by molar-refractivity contribution is 5.85. The highest BCUT2D eigenvalue weighted by Gasteiger charge is 2.47. The summed E-state index contributed by atoms with van der Waals surface area (Å²) in [6, 6.07) is 31.8. The van der Waals surface area contributed by atoms with Crippen LogP contribution < -0.4 is 0 Å². The van der Waals surface area contributed by atoms with Gasteiger partial charge in [-0.25, -0.2) is 9.59 Å². The van der Waals surface area contributed by atoms with Crippen molar-refractivity contribution in [2.24, 2.45) is 10.8 Å². The van der Waals surface area contributed by atoms with Gasteiger partial charge in [-0.1, -0.05) is 110 Å². The minimum atomic E-state index is -0.759. The van der Waals surface area contributed by atoms with Gasteiger partial charge < -0.3 is 18.9 Å². The Hall–Kier alpha value is -5.76. The van der Waals surface area contributed by atoms with Crippen molar-refractivity contribution in [1.82, 2.24) is 0 Å². The van der Waals surface area contributed by atoms with Gasteiger partial charge in [0.15, 0.2) is 0 Å². The number of carbonyl (C=O) groups is 4. The summed E-state index contributed by atoms with van der Waals surface area (Å²) in [7, 11) is 0. The van der Waals surface area contributed by atoms with Crippen molar-refractivity contribution in [3.8, 4) is 22.3 Å². The first-order valence-electron chi connectivity index (χ1n) is 17.9. The Morgan fingerprint density at radius 3 is 0.944 bits per heavy atom. The molecule has 0 saturated heterocycles. The summed E-state index contributed by atoms with van der Waals surface area (Å²) < 4.78 is 22.4. The molecule has 0 bridgehead atoms. The third kappa shape index (κ3) is 7.79. The Bertz CT molecular complexity index is 1930. The standard InChI is InChI=1S/C25H30O4.C21H18O4/c1-23(2,3)21(26)28-15-25(16-29-22(27)24(4,5)6)19-13-9-7-11-17(19)18-12-8-10-14-20(18)25;1-3-19(22)24-13-21(14-25-20(23)4-2)17-11-7-5-9-15(17)16-10-6-8-12-18(16)21/h7-14H,15-16H2,1-6H3;3-12H,1-2,13-14H2. The summed E-state index contributed by atoms with van der Waals surface area (Å²) >= 11 is 0. The van der Waals surface area contributed by atoms with Gasteiger partial charge in [-0.3, -0.25) is 9.59 Å². The lowest BCUT2D eigenvalue weighted by atomic mass is 9.79. The van der Waals surface area contributed by atoms with E-state index in [0.717, 1.165) is 56.7 Å². The lowest BCUT2D eigenvalue weighted by Gasteiger charge is -2.33. The van der Waals surface area contributed by atoms with Gasteiger partial charge in [-0.15, -0.1) is 0 Å². The molecule has 0 radical (unpaired) electrons. The molecule has 54 heavy (non-hydrogen) atoms. The van der Waals surface area contributed by atoms with Crippen molar-refractivity contribution in [3.63, 3.8) is 0 Å². The molecule has 0 spiro atoms. The van der Waals surface area contributed by atoms with Gasteiger partial charge in [-0.2, -0.15) is 0 Å². The maximum absolute atomic E-state index is 12.6. The average Bonchev–Trinajstić information content (AvgIpc) is 3.61. The van der Waals surface area contributed by atoms with Crippen molar-refractivity contribution in [3.05, 3.63) is 145 Å². The lowest BCUT2D eigenvalue weighted by Crippen LogP contribution is -2.41. The molecule has 0 N–H and O–H groups in total. The first-order valence-corrected chi connectivity index (χ1v) is 17.9. The van der Waals surface area contributed by atoms with Crippen LogP contribution in [-0.4, -0.2) is 50.3 Å².